The van der Waals surface area contributed by atoms with Crippen LogP contribution in [0.5, 0.6) is 0 Å². The number of rotatable bonds is 1. The zero-order valence-electron chi connectivity index (χ0n) is 8.11. The number of nitrogens with zero attached hydrogens (tertiary/aromatic N) is 2. The standard InChI is InChI=1S/C11H14N2S/c14-8-11-3-1-5-13(11)10-7-12-4-2-9(10)6-11/h2,4,7,14H,1,3,5-6,8H2. The average Bonchev–Trinajstić information content (AvgIpc) is 2.73. The van der Waals surface area contributed by atoms with Crippen molar-refractivity contribution in [3.05, 3.63) is 24.0 Å². The van der Waals surface area contributed by atoms with Gasteiger partial charge in [-0.1, -0.05) is 0 Å². The molecule has 2 nitrogen and oxygen atoms in total. The van der Waals surface area contributed by atoms with E-state index >= 15 is 0 Å². The van der Waals surface area contributed by atoms with Crippen LogP contribution in [0.15, 0.2) is 18.5 Å². The molecule has 14 heavy (non-hydrogen) atoms. The second kappa shape index (κ2) is 2.89. The van der Waals surface area contributed by atoms with Crippen LogP contribution in [0.3, 0.4) is 0 Å². The fraction of sp³-hybridized carbons (Fsp3) is 0.545. The van der Waals surface area contributed by atoms with Crippen LogP contribution in [0.25, 0.3) is 0 Å². The van der Waals surface area contributed by atoms with Crippen molar-refractivity contribution in [2.75, 3.05) is 17.2 Å². The lowest BCUT2D eigenvalue weighted by atomic mass is 9.94. The first-order chi connectivity index (χ1) is 6.86. The number of hydrogen-bond acceptors (Lipinski definition) is 3. The summed E-state index contributed by atoms with van der Waals surface area (Å²) in [6.07, 6.45) is 7.65. The predicted octanol–water partition coefficient (Wildman–Crippen LogP) is 1.91. The Labute approximate surface area is 89.7 Å². The highest BCUT2D eigenvalue weighted by Crippen LogP contribution is 2.45. The lowest BCUT2D eigenvalue weighted by Crippen LogP contribution is -2.43. The van der Waals surface area contributed by atoms with E-state index in [1.807, 2.05) is 12.4 Å². The molecule has 1 fully saturated rings. The molecule has 0 bridgehead atoms. The summed E-state index contributed by atoms with van der Waals surface area (Å²) in [5, 5.41) is 0. The van der Waals surface area contributed by atoms with E-state index in [4.69, 9.17) is 0 Å². The van der Waals surface area contributed by atoms with Gasteiger partial charge in [0, 0.05) is 18.5 Å². The van der Waals surface area contributed by atoms with Gasteiger partial charge in [-0.15, -0.1) is 0 Å². The third-order valence-corrected chi connectivity index (χ3v) is 4.18. The number of aromatic nitrogens is 1. The second-order valence-corrected chi connectivity index (χ2v) is 4.64. The Morgan fingerprint density at radius 1 is 1.57 bits per heavy atom. The van der Waals surface area contributed by atoms with Crippen molar-refractivity contribution in [2.45, 2.75) is 24.8 Å². The average molecular weight is 206 g/mol. The smallest absolute Gasteiger partial charge is 0.0591 e. The minimum absolute atomic E-state index is 0.314. The first-order valence-corrected chi connectivity index (χ1v) is 5.80. The van der Waals surface area contributed by atoms with E-state index in [0.29, 0.717) is 5.54 Å². The topological polar surface area (TPSA) is 16.1 Å². The van der Waals surface area contributed by atoms with E-state index in [-0.39, 0.29) is 0 Å². The van der Waals surface area contributed by atoms with Gasteiger partial charge in [-0.25, -0.2) is 0 Å². The Balaban J connectivity index is 2.09. The number of hydrogen-bond donors (Lipinski definition) is 1. The molecule has 3 heteroatoms. The van der Waals surface area contributed by atoms with E-state index in [9.17, 15) is 0 Å². The number of anilines is 1. The Kier molecular flexibility index (Phi) is 1.78. The Bertz CT molecular complexity index is 366. The fourth-order valence-electron chi connectivity index (χ4n) is 2.88. The van der Waals surface area contributed by atoms with Gasteiger partial charge in [-0.3, -0.25) is 4.98 Å². The van der Waals surface area contributed by atoms with Crippen molar-refractivity contribution in [1.82, 2.24) is 4.98 Å². The van der Waals surface area contributed by atoms with Crippen molar-refractivity contribution in [3.63, 3.8) is 0 Å². The predicted molar refractivity (Wildman–Crippen MR) is 61.1 cm³/mol. The lowest BCUT2D eigenvalue weighted by molar-refractivity contribution is 0.503. The molecule has 1 aromatic rings. The SMILES string of the molecule is SCC12CCCN1c1cnccc1C2. The van der Waals surface area contributed by atoms with Crippen LogP contribution in [0.4, 0.5) is 5.69 Å². The van der Waals surface area contributed by atoms with Gasteiger partial charge in [0.05, 0.1) is 17.4 Å². The molecule has 0 N–H and O–H groups in total. The van der Waals surface area contributed by atoms with E-state index in [1.165, 1.54) is 30.6 Å². The molecule has 3 heterocycles. The molecule has 3 rings (SSSR count). The lowest BCUT2D eigenvalue weighted by Gasteiger charge is -2.32. The summed E-state index contributed by atoms with van der Waals surface area (Å²) >= 11 is 4.52. The van der Waals surface area contributed by atoms with Crippen LogP contribution in [0, 0.1) is 0 Å². The van der Waals surface area contributed by atoms with Gasteiger partial charge in [0.2, 0.25) is 0 Å². The second-order valence-electron chi connectivity index (χ2n) is 4.32. The van der Waals surface area contributed by atoms with Crippen LogP contribution in [0.1, 0.15) is 18.4 Å². The minimum atomic E-state index is 0.314. The number of pyridine rings is 1. The van der Waals surface area contributed by atoms with Crippen molar-refractivity contribution in [1.29, 1.82) is 0 Å². The number of fused-ring (bicyclic) bond motifs is 3. The molecular weight excluding hydrogens is 192 g/mol. The fourth-order valence-corrected chi connectivity index (χ4v) is 3.32. The molecule has 2 aliphatic heterocycles. The van der Waals surface area contributed by atoms with Crippen molar-refractivity contribution >= 4 is 18.3 Å². The summed E-state index contributed by atoms with van der Waals surface area (Å²) in [5.74, 6) is 0.960. The van der Waals surface area contributed by atoms with Crippen LogP contribution < -0.4 is 4.90 Å². The van der Waals surface area contributed by atoms with Crippen molar-refractivity contribution in [2.24, 2.45) is 0 Å². The molecule has 74 valence electrons. The van der Waals surface area contributed by atoms with E-state index < -0.39 is 0 Å². The molecule has 0 aromatic carbocycles. The molecule has 0 amide bonds. The molecule has 1 unspecified atom stereocenters. The van der Waals surface area contributed by atoms with Gasteiger partial charge < -0.3 is 4.90 Å². The molecule has 0 aliphatic carbocycles. The largest absolute Gasteiger partial charge is 0.363 e. The van der Waals surface area contributed by atoms with E-state index in [0.717, 1.165) is 12.2 Å². The summed E-state index contributed by atoms with van der Waals surface area (Å²) in [6.45, 7) is 1.18. The van der Waals surface area contributed by atoms with Gasteiger partial charge >= 0.3 is 0 Å². The van der Waals surface area contributed by atoms with Crippen LogP contribution in [-0.2, 0) is 6.42 Å². The highest BCUT2D eigenvalue weighted by Gasteiger charge is 2.45. The Hall–Kier alpha value is -0.700. The van der Waals surface area contributed by atoms with Gasteiger partial charge in [0.25, 0.3) is 0 Å². The summed E-state index contributed by atoms with van der Waals surface area (Å²) in [6, 6.07) is 2.15. The summed E-state index contributed by atoms with van der Waals surface area (Å²) < 4.78 is 0. The summed E-state index contributed by atoms with van der Waals surface area (Å²) in [4.78, 5) is 6.73. The van der Waals surface area contributed by atoms with Crippen LogP contribution in [-0.4, -0.2) is 22.8 Å². The van der Waals surface area contributed by atoms with E-state index in [2.05, 4.69) is 28.6 Å². The van der Waals surface area contributed by atoms with E-state index in [1.54, 1.807) is 0 Å². The van der Waals surface area contributed by atoms with Gasteiger partial charge in [-0.05, 0) is 30.9 Å². The Morgan fingerprint density at radius 2 is 2.50 bits per heavy atom. The van der Waals surface area contributed by atoms with Gasteiger partial charge in [0.15, 0.2) is 0 Å². The molecule has 0 saturated carbocycles. The van der Waals surface area contributed by atoms with Crippen molar-refractivity contribution < 1.29 is 0 Å². The Morgan fingerprint density at radius 3 is 3.36 bits per heavy atom. The number of thiol groups is 1. The summed E-state index contributed by atoms with van der Waals surface area (Å²) in [7, 11) is 0. The third kappa shape index (κ3) is 0.962. The molecule has 1 aromatic heterocycles. The maximum atomic E-state index is 4.52. The molecule has 2 aliphatic rings. The minimum Gasteiger partial charge on any atom is -0.363 e. The summed E-state index contributed by atoms with van der Waals surface area (Å²) in [5.41, 5.74) is 3.11. The third-order valence-electron chi connectivity index (χ3n) is 3.59. The monoisotopic (exact) mass is 206 g/mol. The molecule has 0 radical (unpaired) electrons. The zero-order chi connectivity index (χ0) is 9.60. The molecule has 1 atom stereocenters. The van der Waals surface area contributed by atoms with Crippen molar-refractivity contribution in [3.8, 4) is 0 Å². The van der Waals surface area contributed by atoms with Gasteiger partial charge in [0.1, 0.15) is 0 Å². The van der Waals surface area contributed by atoms with Gasteiger partial charge in [-0.2, -0.15) is 12.6 Å². The molecular formula is C11H14N2S. The van der Waals surface area contributed by atoms with Crippen LogP contribution >= 0.6 is 12.6 Å². The molecule has 1 saturated heterocycles. The highest BCUT2D eigenvalue weighted by molar-refractivity contribution is 7.80. The maximum absolute atomic E-state index is 4.52. The zero-order valence-corrected chi connectivity index (χ0v) is 9.00. The first kappa shape index (κ1) is 8.60. The quantitative estimate of drug-likeness (QED) is 0.706. The van der Waals surface area contributed by atoms with Crippen LogP contribution in [0.2, 0.25) is 0 Å². The molecule has 0 spiro atoms. The first-order valence-electron chi connectivity index (χ1n) is 5.17. The normalized spacial score (nSPS) is 29.1. The maximum Gasteiger partial charge on any atom is 0.0591 e. The highest BCUT2D eigenvalue weighted by atomic mass is 32.1.